The van der Waals surface area contributed by atoms with Crippen LogP contribution in [0, 0.1) is 0 Å². The number of carbonyl (C=O) groups excluding carboxylic acids is 1. The van der Waals surface area contributed by atoms with Crippen molar-refractivity contribution in [1.29, 1.82) is 0 Å². The third kappa shape index (κ3) is 4.49. The first-order valence-electron chi connectivity index (χ1n) is 6.44. The van der Waals surface area contributed by atoms with Gasteiger partial charge in [-0.05, 0) is 25.8 Å². The van der Waals surface area contributed by atoms with Gasteiger partial charge in [-0.2, -0.15) is 0 Å². The van der Waals surface area contributed by atoms with E-state index in [0.717, 1.165) is 25.0 Å². The maximum absolute atomic E-state index is 12.0. The molecule has 0 bridgehead atoms. The molecule has 0 fully saturated rings. The Bertz CT molecular complexity index is 339. The van der Waals surface area contributed by atoms with Gasteiger partial charge in [0.2, 0.25) is 5.91 Å². The van der Waals surface area contributed by atoms with Crippen molar-refractivity contribution in [3.05, 3.63) is 11.8 Å². The zero-order valence-electron chi connectivity index (χ0n) is 11.2. The molecule has 102 valence electrons. The van der Waals surface area contributed by atoms with Crippen LogP contribution in [-0.4, -0.2) is 53.5 Å². The molecule has 1 aliphatic carbocycles. The standard InChI is InChI=1S/C13H22N2O3/c1-3-15(9-8-13(17)18)10-12(16)14(2)11-6-4-5-7-11/h6H,3-5,7-10H2,1-2H3,(H,17,18). The molecule has 0 aromatic carbocycles. The van der Waals surface area contributed by atoms with Gasteiger partial charge >= 0.3 is 5.97 Å². The van der Waals surface area contributed by atoms with Crippen LogP contribution in [0.15, 0.2) is 11.8 Å². The van der Waals surface area contributed by atoms with Gasteiger partial charge in [0.1, 0.15) is 0 Å². The van der Waals surface area contributed by atoms with E-state index in [1.54, 1.807) is 11.9 Å². The number of aliphatic carboxylic acids is 1. The maximum atomic E-state index is 12.0. The number of carboxylic acid groups (broad SMARTS) is 1. The molecule has 0 saturated heterocycles. The van der Waals surface area contributed by atoms with E-state index in [1.807, 2.05) is 11.8 Å². The van der Waals surface area contributed by atoms with E-state index in [4.69, 9.17) is 5.11 Å². The SMILES string of the molecule is CCN(CCC(=O)O)CC(=O)N(C)C1=CCCC1. The molecule has 5 nitrogen and oxygen atoms in total. The highest BCUT2D eigenvalue weighted by molar-refractivity contribution is 5.80. The molecule has 0 aromatic heterocycles. The lowest BCUT2D eigenvalue weighted by molar-refractivity contribution is -0.138. The van der Waals surface area contributed by atoms with Gasteiger partial charge in [0.15, 0.2) is 0 Å². The number of hydrogen-bond donors (Lipinski definition) is 1. The molecule has 0 spiro atoms. The van der Waals surface area contributed by atoms with Gasteiger partial charge in [0, 0.05) is 19.3 Å². The largest absolute Gasteiger partial charge is 0.481 e. The first-order valence-corrected chi connectivity index (χ1v) is 6.44. The van der Waals surface area contributed by atoms with E-state index >= 15 is 0 Å². The number of amides is 1. The van der Waals surface area contributed by atoms with Gasteiger partial charge in [-0.3, -0.25) is 14.5 Å². The summed E-state index contributed by atoms with van der Waals surface area (Å²) >= 11 is 0. The zero-order valence-corrected chi connectivity index (χ0v) is 11.2. The minimum Gasteiger partial charge on any atom is -0.481 e. The van der Waals surface area contributed by atoms with Crippen LogP contribution in [0.2, 0.25) is 0 Å². The van der Waals surface area contributed by atoms with Crippen LogP contribution in [0.5, 0.6) is 0 Å². The first kappa shape index (κ1) is 14.7. The highest BCUT2D eigenvalue weighted by Gasteiger charge is 2.18. The van der Waals surface area contributed by atoms with Crippen LogP contribution in [0.4, 0.5) is 0 Å². The maximum Gasteiger partial charge on any atom is 0.304 e. The summed E-state index contributed by atoms with van der Waals surface area (Å²) in [4.78, 5) is 26.1. The Balaban J connectivity index is 2.43. The Kier molecular flexibility index (Phi) is 5.85. The van der Waals surface area contributed by atoms with Gasteiger partial charge < -0.3 is 10.0 Å². The number of likely N-dealkylation sites (N-methyl/N-ethyl adjacent to an activating group) is 2. The monoisotopic (exact) mass is 254 g/mol. The van der Waals surface area contributed by atoms with Crippen molar-refractivity contribution in [2.75, 3.05) is 26.7 Å². The third-order valence-electron chi connectivity index (χ3n) is 3.27. The van der Waals surface area contributed by atoms with Crippen molar-refractivity contribution < 1.29 is 14.7 Å². The van der Waals surface area contributed by atoms with Gasteiger partial charge in [-0.25, -0.2) is 0 Å². The minimum absolute atomic E-state index is 0.0374. The van der Waals surface area contributed by atoms with Crippen LogP contribution in [0.3, 0.4) is 0 Å². The molecule has 5 heteroatoms. The lowest BCUT2D eigenvalue weighted by atomic mass is 10.3. The van der Waals surface area contributed by atoms with Crippen LogP contribution in [0.25, 0.3) is 0 Å². The normalized spacial score (nSPS) is 14.7. The molecule has 0 aromatic rings. The van der Waals surface area contributed by atoms with Gasteiger partial charge in [-0.1, -0.05) is 13.0 Å². The van der Waals surface area contributed by atoms with Crippen molar-refractivity contribution in [1.82, 2.24) is 9.80 Å². The summed E-state index contributed by atoms with van der Waals surface area (Å²) in [5.41, 5.74) is 1.09. The van der Waals surface area contributed by atoms with E-state index in [1.165, 1.54) is 0 Å². The molecule has 1 aliphatic rings. The molecule has 0 atom stereocenters. The Hall–Kier alpha value is -1.36. The van der Waals surface area contributed by atoms with Gasteiger partial charge in [0.05, 0.1) is 13.0 Å². The van der Waals surface area contributed by atoms with E-state index in [0.29, 0.717) is 13.1 Å². The van der Waals surface area contributed by atoms with Crippen molar-refractivity contribution in [2.24, 2.45) is 0 Å². The number of carboxylic acids is 1. The Labute approximate surface area is 108 Å². The second kappa shape index (κ2) is 7.16. The molecule has 0 aliphatic heterocycles. The average molecular weight is 254 g/mol. The summed E-state index contributed by atoms with van der Waals surface area (Å²) in [6.07, 6.45) is 5.30. The third-order valence-corrected chi connectivity index (χ3v) is 3.27. The number of nitrogens with zero attached hydrogens (tertiary/aromatic N) is 2. The number of carbonyl (C=O) groups is 2. The summed E-state index contributed by atoms with van der Waals surface area (Å²) in [7, 11) is 1.80. The van der Waals surface area contributed by atoms with Gasteiger partial charge in [-0.15, -0.1) is 0 Å². The van der Waals surface area contributed by atoms with Crippen LogP contribution < -0.4 is 0 Å². The zero-order chi connectivity index (χ0) is 13.5. The molecule has 0 unspecified atom stereocenters. The molecule has 0 saturated carbocycles. The summed E-state index contributed by atoms with van der Waals surface area (Å²) in [6, 6.07) is 0. The smallest absolute Gasteiger partial charge is 0.304 e. The van der Waals surface area contributed by atoms with E-state index in [9.17, 15) is 9.59 Å². The highest BCUT2D eigenvalue weighted by atomic mass is 16.4. The Morgan fingerprint density at radius 3 is 2.67 bits per heavy atom. The molecular formula is C13H22N2O3. The van der Waals surface area contributed by atoms with Crippen LogP contribution >= 0.6 is 0 Å². The molecule has 1 amide bonds. The summed E-state index contributed by atoms with van der Waals surface area (Å²) < 4.78 is 0. The van der Waals surface area contributed by atoms with Crippen molar-refractivity contribution in [3.63, 3.8) is 0 Å². The Morgan fingerprint density at radius 1 is 1.44 bits per heavy atom. The van der Waals surface area contributed by atoms with Crippen LogP contribution in [0.1, 0.15) is 32.6 Å². The molecule has 0 heterocycles. The summed E-state index contributed by atoms with van der Waals surface area (Å²) in [5.74, 6) is -0.789. The fourth-order valence-electron chi connectivity index (χ4n) is 2.02. The highest BCUT2D eigenvalue weighted by Crippen LogP contribution is 2.20. The Morgan fingerprint density at radius 2 is 2.17 bits per heavy atom. The van der Waals surface area contributed by atoms with Crippen LogP contribution in [-0.2, 0) is 9.59 Å². The molecular weight excluding hydrogens is 232 g/mol. The predicted molar refractivity (Wildman–Crippen MR) is 69.1 cm³/mol. The minimum atomic E-state index is -0.826. The summed E-state index contributed by atoms with van der Waals surface area (Å²) in [6.45, 7) is 3.33. The van der Waals surface area contributed by atoms with E-state index in [2.05, 4.69) is 6.08 Å². The van der Waals surface area contributed by atoms with Crippen molar-refractivity contribution in [2.45, 2.75) is 32.6 Å². The fourth-order valence-corrected chi connectivity index (χ4v) is 2.02. The average Bonchev–Trinajstić information content (AvgIpc) is 2.86. The molecule has 1 rings (SSSR count). The quantitative estimate of drug-likeness (QED) is 0.744. The predicted octanol–water partition coefficient (Wildman–Crippen LogP) is 1.31. The lowest BCUT2D eigenvalue weighted by Crippen LogP contribution is -2.38. The molecule has 0 radical (unpaired) electrons. The number of hydrogen-bond acceptors (Lipinski definition) is 3. The van der Waals surface area contributed by atoms with Crippen molar-refractivity contribution in [3.8, 4) is 0 Å². The van der Waals surface area contributed by atoms with Gasteiger partial charge in [0.25, 0.3) is 0 Å². The molecule has 1 N–H and O–H groups in total. The topological polar surface area (TPSA) is 60.9 Å². The second-order valence-electron chi connectivity index (χ2n) is 4.55. The van der Waals surface area contributed by atoms with Crippen molar-refractivity contribution >= 4 is 11.9 Å². The fraction of sp³-hybridized carbons (Fsp3) is 0.692. The first-order chi connectivity index (χ1) is 8.54. The number of rotatable bonds is 7. The number of allylic oxidation sites excluding steroid dienone is 2. The van der Waals surface area contributed by atoms with E-state index in [-0.39, 0.29) is 18.9 Å². The van der Waals surface area contributed by atoms with E-state index < -0.39 is 5.97 Å². The molecule has 18 heavy (non-hydrogen) atoms. The lowest BCUT2D eigenvalue weighted by Gasteiger charge is -2.24. The second-order valence-corrected chi connectivity index (χ2v) is 4.55. The summed E-state index contributed by atoms with van der Waals surface area (Å²) in [5, 5.41) is 8.64.